The van der Waals surface area contributed by atoms with Gasteiger partial charge >= 0.3 is 0 Å². The van der Waals surface area contributed by atoms with Crippen LogP contribution in [0.2, 0.25) is 0 Å². The fraction of sp³-hybridized carbons (Fsp3) is 0.889. The summed E-state index contributed by atoms with van der Waals surface area (Å²) in [5.74, 6) is -3.39. The Kier molecular flexibility index (Phi) is 2.81. The fourth-order valence-corrected chi connectivity index (χ4v) is 1.33. The standard InChI is InChI=1S/C9H16F2N2O/c1-8(2)3-6(8)7(14)13-5-9(10,11)4-12/h6H,3-5,12H2,1-2H3,(H,13,14). The average Bonchev–Trinajstić information content (AvgIpc) is 2.71. The van der Waals surface area contributed by atoms with Crippen molar-refractivity contribution in [1.29, 1.82) is 0 Å². The van der Waals surface area contributed by atoms with Crippen molar-refractivity contribution in [2.45, 2.75) is 26.2 Å². The van der Waals surface area contributed by atoms with E-state index in [9.17, 15) is 13.6 Å². The number of rotatable bonds is 4. The van der Waals surface area contributed by atoms with E-state index in [0.717, 1.165) is 6.42 Å². The van der Waals surface area contributed by atoms with Gasteiger partial charge in [-0.05, 0) is 11.8 Å². The molecule has 5 heteroatoms. The van der Waals surface area contributed by atoms with Crippen LogP contribution in [0.4, 0.5) is 8.78 Å². The van der Waals surface area contributed by atoms with Gasteiger partial charge in [-0.3, -0.25) is 4.79 Å². The minimum Gasteiger partial charge on any atom is -0.350 e. The van der Waals surface area contributed by atoms with E-state index in [1.807, 2.05) is 13.8 Å². The highest BCUT2D eigenvalue weighted by molar-refractivity contribution is 5.82. The summed E-state index contributed by atoms with van der Waals surface area (Å²) in [5, 5.41) is 2.22. The maximum Gasteiger partial charge on any atom is 0.277 e. The number of hydrogen-bond acceptors (Lipinski definition) is 2. The minimum absolute atomic E-state index is 0.0257. The molecule has 0 saturated heterocycles. The van der Waals surface area contributed by atoms with E-state index in [1.54, 1.807) is 0 Å². The Hall–Kier alpha value is -0.710. The molecule has 0 radical (unpaired) electrons. The van der Waals surface area contributed by atoms with Gasteiger partial charge in [0.1, 0.15) is 0 Å². The van der Waals surface area contributed by atoms with Crippen LogP contribution in [0.5, 0.6) is 0 Å². The number of alkyl halides is 2. The van der Waals surface area contributed by atoms with Crippen molar-refractivity contribution in [3.8, 4) is 0 Å². The van der Waals surface area contributed by atoms with Gasteiger partial charge < -0.3 is 11.1 Å². The van der Waals surface area contributed by atoms with Crippen molar-refractivity contribution in [1.82, 2.24) is 5.32 Å². The van der Waals surface area contributed by atoms with E-state index in [-0.39, 0.29) is 17.2 Å². The van der Waals surface area contributed by atoms with Crippen molar-refractivity contribution in [3.63, 3.8) is 0 Å². The Balaban J connectivity index is 2.30. The van der Waals surface area contributed by atoms with Crippen molar-refractivity contribution in [3.05, 3.63) is 0 Å². The van der Waals surface area contributed by atoms with Crippen molar-refractivity contribution in [2.75, 3.05) is 13.1 Å². The molecule has 0 spiro atoms. The van der Waals surface area contributed by atoms with E-state index < -0.39 is 19.0 Å². The zero-order valence-corrected chi connectivity index (χ0v) is 8.44. The Labute approximate surface area is 82.0 Å². The lowest BCUT2D eigenvalue weighted by atomic mass is 10.1. The lowest BCUT2D eigenvalue weighted by molar-refractivity contribution is -0.124. The molecule has 3 N–H and O–H groups in total. The van der Waals surface area contributed by atoms with Crippen molar-refractivity contribution >= 4 is 5.91 Å². The van der Waals surface area contributed by atoms with E-state index in [1.165, 1.54) is 0 Å². The molecule has 1 saturated carbocycles. The average molecular weight is 206 g/mol. The molecule has 0 aromatic rings. The van der Waals surface area contributed by atoms with Crippen molar-refractivity contribution in [2.24, 2.45) is 17.1 Å². The highest BCUT2D eigenvalue weighted by Gasteiger charge is 2.50. The smallest absolute Gasteiger partial charge is 0.277 e. The zero-order chi connectivity index (χ0) is 11.0. The molecule has 1 aliphatic rings. The van der Waals surface area contributed by atoms with E-state index in [4.69, 9.17) is 5.73 Å². The lowest BCUT2D eigenvalue weighted by Crippen LogP contribution is -2.42. The molecule has 1 atom stereocenters. The van der Waals surface area contributed by atoms with Crippen LogP contribution >= 0.6 is 0 Å². The van der Waals surface area contributed by atoms with Gasteiger partial charge in [-0.25, -0.2) is 8.78 Å². The van der Waals surface area contributed by atoms with E-state index >= 15 is 0 Å². The van der Waals surface area contributed by atoms with Crippen LogP contribution in [0.1, 0.15) is 20.3 Å². The van der Waals surface area contributed by atoms with Crippen LogP contribution in [0.25, 0.3) is 0 Å². The zero-order valence-electron chi connectivity index (χ0n) is 8.44. The van der Waals surface area contributed by atoms with Crippen LogP contribution < -0.4 is 11.1 Å². The monoisotopic (exact) mass is 206 g/mol. The Bertz CT molecular complexity index is 241. The summed E-state index contributed by atoms with van der Waals surface area (Å²) < 4.78 is 25.3. The maximum atomic E-state index is 12.6. The van der Waals surface area contributed by atoms with Gasteiger partial charge in [-0.2, -0.15) is 0 Å². The summed E-state index contributed by atoms with van der Waals surface area (Å²) in [6.07, 6.45) is 0.771. The molecule has 0 aromatic heterocycles. The van der Waals surface area contributed by atoms with Crippen LogP contribution in [0, 0.1) is 11.3 Å². The number of nitrogens with two attached hydrogens (primary N) is 1. The third-order valence-corrected chi connectivity index (χ3v) is 2.65. The molecule has 82 valence electrons. The molecular formula is C9H16F2N2O. The van der Waals surface area contributed by atoms with Gasteiger partial charge in [-0.1, -0.05) is 13.8 Å². The van der Waals surface area contributed by atoms with Gasteiger partial charge in [-0.15, -0.1) is 0 Å². The number of carbonyl (C=O) groups excluding carboxylic acids is 1. The Morgan fingerprint density at radius 2 is 2.14 bits per heavy atom. The van der Waals surface area contributed by atoms with Gasteiger partial charge in [0.2, 0.25) is 5.91 Å². The maximum absolute atomic E-state index is 12.6. The van der Waals surface area contributed by atoms with E-state index in [2.05, 4.69) is 5.32 Å². The second-order valence-corrected chi connectivity index (χ2v) is 4.52. The summed E-state index contributed by atoms with van der Waals surface area (Å²) in [7, 11) is 0. The molecule has 1 unspecified atom stereocenters. The normalized spacial score (nSPS) is 24.5. The summed E-state index contributed by atoms with van der Waals surface area (Å²) in [4.78, 5) is 11.3. The van der Waals surface area contributed by atoms with Gasteiger partial charge in [0.05, 0.1) is 13.1 Å². The number of hydrogen-bond donors (Lipinski definition) is 2. The summed E-state index contributed by atoms with van der Waals surface area (Å²) in [6, 6.07) is 0. The van der Waals surface area contributed by atoms with Crippen LogP contribution in [-0.2, 0) is 4.79 Å². The number of nitrogens with one attached hydrogen (secondary N) is 1. The largest absolute Gasteiger partial charge is 0.350 e. The first-order chi connectivity index (χ1) is 6.28. The second-order valence-electron chi connectivity index (χ2n) is 4.52. The molecule has 3 nitrogen and oxygen atoms in total. The first-order valence-electron chi connectivity index (χ1n) is 4.64. The van der Waals surface area contributed by atoms with Crippen molar-refractivity contribution < 1.29 is 13.6 Å². The number of halogens is 2. The lowest BCUT2D eigenvalue weighted by Gasteiger charge is -2.14. The molecule has 1 fully saturated rings. The van der Waals surface area contributed by atoms with E-state index in [0.29, 0.717) is 0 Å². The molecule has 0 aliphatic heterocycles. The van der Waals surface area contributed by atoms with Crippen LogP contribution in [-0.4, -0.2) is 24.9 Å². The molecule has 1 amide bonds. The quantitative estimate of drug-likeness (QED) is 0.713. The fourth-order valence-electron chi connectivity index (χ4n) is 1.33. The van der Waals surface area contributed by atoms with Gasteiger partial charge in [0.25, 0.3) is 5.92 Å². The first kappa shape index (κ1) is 11.4. The molecule has 1 aliphatic carbocycles. The predicted octanol–water partition coefficient (Wildman–Crippen LogP) is 0.743. The summed E-state index contributed by atoms with van der Waals surface area (Å²) in [6.45, 7) is 2.49. The first-order valence-corrected chi connectivity index (χ1v) is 4.64. The second kappa shape index (κ2) is 3.46. The Morgan fingerprint density at radius 1 is 1.64 bits per heavy atom. The van der Waals surface area contributed by atoms with Gasteiger partial charge in [0.15, 0.2) is 0 Å². The topological polar surface area (TPSA) is 55.1 Å². The third-order valence-electron chi connectivity index (χ3n) is 2.65. The SMILES string of the molecule is CC1(C)CC1C(=O)NCC(F)(F)CN. The molecule has 0 bridgehead atoms. The summed E-state index contributed by atoms with van der Waals surface area (Å²) >= 11 is 0. The third kappa shape index (κ3) is 2.64. The molecule has 0 aromatic carbocycles. The minimum atomic E-state index is -2.99. The predicted molar refractivity (Wildman–Crippen MR) is 48.9 cm³/mol. The highest BCUT2D eigenvalue weighted by atomic mass is 19.3. The van der Waals surface area contributed by atoms with Crippen LogP contribution in [0.3, 0.4) is 0 Å². The van der Waals surface area contributed by atoms with Crippen LogP contribution in [0.15, 0.2) is 0 Å². The Morgan fingerprint density at radius 3 is 2.50 bits per heavy atom. The molecule has 14 heavy (non-hydrogen) atoms. The number of carbonyl (C=O) groups is 1. The number of amides is 1. The summed E-state index contributed by atoms with van der Waals surface area (Å²) in [5.41, 5.74) is 4.81. The molecule has 0 heterocycles. The molecular weight excluding hydrogens is 190 g/mol. The highest BCUT2D eigenvalue weighted by Crippen LogP contribution is 2.51. The van der Waals surface area contributed by atoms with Gasteiger partial charge in [0, 0.05) is 5.92 Å². The molecule has 1 rings (SSSR count).